The summed E-state index contributed by atoms with van der Waals surface area (Å²) in [7, 11) is 1.59. The molecule has 0 amide bonds. The smallest absolute Gasteiger partial charge is 0.203 e. The molecular weight excluding hydrogens is 557 g/mol. The Morgan fingerprint density at radius 3 is 2.54 bits per heavy atom. The number of likely N-dealkylation sites (tertiary alicyclic amines) is 1. The molecule has 1 saturated heterocycles. The molecule has 2 aliphatic heterocycles. The number of para-hydroxylation sites is 2. The van der Waals surface area contributed by atoms with E-state index in [0.29, 0.717) is 30.1 Å². The third kappa shape index (κ3) is 5.18. The Kier molecular flexibility index (Phi) is 8.28. The maximum atomic E-state index is 14.6. The number of alkyl halides is 1. The van der Waals surface area contributed by atoms with Crippen molar-refractivity contribution in [2.45, 2.75) is 57.3 Å². The molecule has 0 aromatic heterocycles. The Morgan fingerprint density at radius 1 is 1.14 bits per heavy atom. The molecule has 2 heterocycles. The molecule has 0 N–H and O–H groups in total. The van der Waals surface area contributed by atoms with Crippen molar-refractivity contribution in [3.63, 3.8) is 0 Å². The lowest BCUT2D eigenvalue weighted by molar-refractivity contribution is -0.111. The van der Waals surface area contributed by atoms with E-state index >= 15 is 0 Å². The maximum absolute atomic E-state index is 14.6. The molecule has 190 valence electrons. The minimum Gasteiger partial charge on any atom is -0.493 e. The summed E-state index contributed by atoms with van der Waals surface area (Å²) < 4.78 is 26.0. The number of carbonyl (C=O) groups is 1. The number of ether oxygens (including phenoxy) is 4. The summed E-state index contributed by atoms with van der Waals surface area (Å²) in [4.78, 5) is 17.1. The molecule has 1 unspecified atom stereocenters. The minimum atomic E-state index is -1.17. The molecule has 0 radical (unpaired) electrons. The van der Waals surface area contributed by atoms with E-state index in [4.69, 9.17) is 18.9 Å². The highest BCUT2D eigenvalue weighted by molar-refractivity contribution is 14.1. The monoisotopic (exact) mass is 593 g/mol. The molecule has 2 aromatic rings. The van der Waals surface area contributed by atoms with Gasteiger partial charge < -0.3 is 23.8 Å². The summed E-state index contributed by atoms with van der Waals surface area (Å²) in [5, 5.41) is 0. The van der Waals surface area contributed by atoms with Gasteiger partial charge in [0.15, 0.2) is 17.1 Å². The fourth-order valence-corrected chi connectivity index (χ4v) is 6.05. The Morgan fingerprint density at radius 2 is 1.89 bits per heavy atom. The first-order valence-electron chi connectivity index (χ1n) is 12.5. The van der Waals surface area contributed by atoms with Crippen LogP contribution in [0.4, 0.5) is 0 Å². The van der Waals surface area contributed by atoms with Crippen LogP contribution in [0.1, 0.15) is 56.0 Å². The van der Waals surface area contributed by atoms with Crippen molar-refractivity contribution in [1.82, 2.24) is 4.90 Å². The first-order valence-corrected chi connectivity index (χ1v) is 14.0. The third-order valence-electron chi connectivity index (χ3n) is 6.94. The lowest BCUT2D eigenvalue weighted by Crippen LogP contribution is -2.57. The van der Waals surface area contributed by atoms with Gasteiger partial charge in [0.1, 0.15) is 11.4 Å². The second kappa shape index (κ2) is 11.0. The zero-order valence-corrected chi connectivity index (χ0v) is 23.3. The largest absolute Gasteiger partial charge is 0.493 e. The normalized spacial score (nSPS) is 21.4. The summed E-state index contributed by atoms with van der Waals surface area (Å²) in [5.74, 6) is 1.62. The Hall–Kier alpha value is -1.84. The van der Waals surface area contributed by atoms with Crippen LogP contribution in [0.5, 0.6) is 17.2 Å². The average molecular weight is 594 g/mol. The van der Waals surface area contributed by atoms with E-state index in [-0.39, 0.29) is 11.9 Å². The maximum Gasteiger partial charge on any atom is 0.203 e. The lowest BCUT2D eigenvalue weighted by Gasteiger charge is -2.50. The predicted octanol–water partition coefficient (Wildman–Crippen LogP) is 5.65. The summed E-state index contributed by atoms with van der Waals surface area (Å²) in [6, 6.07) is 13.3. The van der Waals surface area contributed by atoms with E-state index in [0.717, 1.165) is 48.2 Å². The molecule has 1 atom stereocenters. The van der Waals surface area contributed by atoms with Gasteiger partial charge in [0.25, 0.3) is 0 Å². The van der Waals surface area contributed by atoms with Crippen LogP contribution in [0.3, 0.4) is 0 Å². The van der Waals surface area contributed by atoms with Crippen LogP contribution in [0.25, 0.3) is 0 Å². The SMILES string of the molecule is CCOC1(C(=O)c2cccc(OC)c2OC(C)C)CC2(CCN(CCI)CC2)Oc2ccccc21. The summed E-state index contributed by atoms with van der Waals surface area (Å²) in [6.07, 6.45) is 2.07. The Bertz CT molecular complexity index is 1030. The molecule has 0 saturated carbocycles. The summed E-state index contributed by atoms with van der Waals surface area (Å²) >= 11 is 2.42. The highest BCUT2D eigenvalue weighted by atomic mass is 127. The van der Waals surface area contributed by atoms with E-state index in [9.17, 15) is 4.79 Å². The van der Waals surface area contributed by atoms with Gasteiger partial charge in [-0.2, -0.15) is 0 Å². The number of carbonyl (C=O) groups excluding carboxylic acids is 1. The van der Waals surface area contributed by atoms with E-state index in [2.05, 4.69) is 27.5 Å². The number of methoxy groups -OCH3 is 1. The molecular formula is C28H36INO5. The van der Waals surface area contributed by atoms with Crippen LogP contribution in [0.2, 0.25) is 0 Å². The van der Waals surface area contributed by atoms with Crippen LogP contribution in [-0.4, -0.2) is 60.2 Å². The van der Waals surface area contributed by atoms with Gasteiger partial charge in [-0.05, 0) is 51.8 Å². The van der Waals surface area contributed by atoms with Crippen molar-refractivity contribution >= 4 is 28.4 Å². The van der Waals surface area contributed by atoms with Gasteiger partial charge in [-0.25, -0.2) is 0 Å². The van der Waals surface area contributed by atoms with Crippen molar-refractivity contribution in [2.24, 2.45) is 0 Å². The summed E-state index contributed by atoms with van der Waals surface area (Å²) in [6.45, 7) is 9.21. The molecule has 4 rings (SSSR count). The highest BCUT2D eigenvalue weighted by Gasteiger charge is 2.55. The van der Waals surface area contributed by atoms with Gasteiger partial charge in [-0.15, -0.1) is 0 Å². The topological polar surface area (TPSA) is 57.2 Å². The second-order valence-electron chi connectivity index (χ2n) is 9.58. The molecule has 35 heavy (non-hydrogen) atoms. The zero-order valence-electron chi connectivity index (χ0n) is 21.1. The molecule has 1 fully saturated rings. The number of ketones is 1. The number of Topliss-reactive ketones (excluding diaryl/α,β-unsaturated/α-hetero) is 1. The molecule has 2 aromatic carbocycles. The molecule has 0 bridgehead atoms. The number of fused-ring (bicyclic) bond motifs is 1. The summed E-state index contributed by atoms with van der Waals surface area (Å²) in [5.41, 5.74) is -0.374. The Balaban J connectivity index is 1.82. The number of rotatable bonds is 9. The second-order valence-corrected chi connectivity index (χ2v) is 10.7. The van der Waals surface area contributed by atoms with Gasteiger partial charge in [0.05, 0.1) is 18.8 Å². The van der Waals surface area contributed by atoms with E-state index in [1.54, 1.807) is 7.11 Å². The molecule has 2 aliphatic rings. The molecule has 1 spiro atoms. The lowest BCUT2D eigenvalue weighted by atomic mass is 9.71. The molecule has 7 heteroatoms. The molecule has 0 aliphatic carbocycles. The van der Waals surface area contributed by atoms with Gasteiger partial charge >= 0.3 is 0 Å². The fourth-order valence-electron chi connectivity index (χ4n) is 5.36. The molecule has 6 nitrogen and oxygen atoms in total. The zero-order chi connectivity index (χ0) is 25.1. The van der Waals surface area contributed by atoms with Gasteiger partial charge in [-0.1, -0.05) is 46.9 Å². The van der Waals surface area contributed by atoms with E-state index in [1.165, 1.54) is 0 Å². The number of benzene rings is 2. The average Bonchev–Trinajstić information content (AvgIpc) is 2.85. The first kappa shape index (κ1) is 26.2. The third-order valence-corrected chi connectivity index (χ3v) is 7.42. The minimum absolute atomic E-state index is 0.112. The van der Waals surface area contributed by atoms with Crippen molar-refractivity contribution in [3.05, 3.63) is 53.6 Å². The van der Waals surface area contributed by atoms with Gasteiger partial charge in [0, 0.05) is 42.7 Å². The predicted molar refractivity (Wildman–Crippen MR) is 145 cm³/mol. The van der Waals surface area contributed by atoms with Crippen LogP contribution < -0.4 is 14.2 Å². The highest BCUT2D eigenvalue weighted by Crippen LogP contribution is 2.51. The van der Waals surface area contributed by atoms with Crippen molar-refractivity contribution in [3.8, 4) is 17.2 Å². The van der Waals surface area contributed by atoms with Crippen LogP contribution >= 0.6 is 22.6 Å². The number of piperidine rings is 1. The quantitative estimate of drug-likeness (QED) is 0.213. The van der Waals surface area contributed by atoms with Crippen LogP contribution in [0, 0.1) is 0 Å². The van der Waals surface area contributed by atoms with Crippen molar-refractivity contribution in [2.75, 3.05) is 37.8 Å². The van der Waals surface area contributed by atoms with Crippen LogP contribution in [0.15, 0.2) is 42.5 Å². The number of hydrogen-bond donors (Lipinski definition) is 0. The van der Waals surface area contributed by atoms with E-state index < -0.39 is 11.2 Å². The van der Waals surface area contributed by atoms with Crippen LogP contribution in [-0.2, 0) is 10.3 Å². The van der Waals surface area contributed by atoms with E-state index in [1.807, 2.05) is 63.2 Å². The van der Waals surface area contributed by atoms with Gasteiger partial charge in [-0.3, -0.25) is 4.79 Å². The number of nitrogens with zero attached hydrogens (tertiary/aromatic N) is 1. The first-order chi connectivity index (χ1) is 16.9. The standard InChI is InChI=1S/C28H36INO5/c1-5-33-28(26(31)21-9-8-12-24(32-4)25(21)34-20(2)3)19-27(13-16-30(17-14-27)18-15-29)35-23-11-7-6-10-22(23)28/h6-12,20H,5,13-19H2,1-4H3. The Labute approximate surface area is 222 Å². The van der Waals surface area contributed by atoms with Gasteiger partial charge in [0.2, 0.25) is 5.78 Å². The van der Waals surface area contributed by atoms with Crippen molar-refractivity contribution in [1.29, 1.82) is 0 Å². The fraction of sp³-hybridized carbons (Fsp3) is 0.536. The number of halogens is 1. The van der Waals surface area contributed by atoms with Crippen molar-refractivity contribution < 1.29 is 23.7 Å². The number of hydrogen-bond acceptors (Lipinski definition) is 6.